The lowest BCUT2D eigenvalue weighted by Gasteiger charge is -2.03. The predicted molar refractivity (Wildman–Crippen MR) is 161 cm³/mol. The van der Waals surface area contributed by atoms with Gasteiger partial charge in [0.15, 0.2) is 30.9 Å². The minimum Gasteiger partial charge on any atom is -0.196 e. The first kappa shape index (κ1) is 32.0. The van der Waals surface area contributed by atoms with E-state index in [9.17, 15) is 0 Å². The SMILES string of the molecule is C#CCSc1nc(SCC#C)nc(SCC=C)n1.C#CCSc1nc(SCC=C)nc(SCC=C)n1. The van der Waals surface area contributed by atoms with Gasteiger partial charge in [-0.05, 0) is 0 Å². The van der Waals surface area contributed by atoms with Gasteiger partial charge in [0.1, 0.15) is 0 Å². The molecule has 0 aromatic carbocycles. The molecular formula is C24H24N6S6. The summed E-state index contributed by atoms with van der Waals surface area (Å²) >= 11 is 8.83. The van der Waals surface area contributed by atoms with Crippen molar-refractivity contribution in [1.82, 2.24) is 29.9 Å². The van der Waals surface area contributed by atoms with Crippen LogP contribution in [-0.2, 0) is 0 Å². The Morgan fingerprint density at radius 2 is 0.694 bits per heavy atom. The average molecular weight is 589 g/mol. The van der Waals surface area contributed by atoms with Crippen LogP contribution in [0.1, 0.15) is 0 Å². The second kappa shape index (κ2) is 21.1. The zero-order valence-electron chi connectivity index (χ0n) is 19.5. The highest BCUT2D eigenvalue weighted by molar-refractivity contribution is 8.01. The van der Waals surface area contributed by atoms with Crippen LogP contribution in [0.5, 0.6) is 0 Å². The van der Waals surface area contributed by atoms with Gasteiger partial charge in [-0.2, -0.15) is 29.9 Å². The van der Waals surface area contributed by atoms with Crippen molar-refractivity contribution in [2.45, 2.75) is 30.9 Å². The highest BCUT2D eigenvalue weighted by Crippen LogP contribution is 2.23. The Kier molecular flexibility index (Phi) is 18.8. The lowest BCUT2D eigenvalue weighted by atomic mass is 10.8. The Morgan fingerprint density at radius 3 is 0.889 bits per heavy atom. The highest BCUT2D eigenvalue weighted by Gasteiger charge is 2.08. The first-order chi connectivity index (χ1) is 17.6. The van der Waals surface area contributed by atoms with Crippen LogP contribution >= 0.6 is 70.6 Å². The van der Waals surface area contributed by atoms with E-state index < -0.39 is 0 Å². The van der Waals surface area contributed by atoms with Gasteiger partial charge in [-0.15, -0.1) is 39.0 Å². The second-order valence-electron chi connectivity index (χ2n) is 5.64. The predicted octanol–water partition coefficient (Wildman–Crippen LogP) is 5.75. The second-order valence-corrected chi connectivity index (χ2v) is 11.4. The Morgan fingerprint density at radius 1 is 0.472 bits per heavy atom. The zero-order chi connectivity index (χ0) is 26.4. The molecule has 0 atom stereocenters. The summed E-state index contributed by atoms with van der Waals surface area (Å²) in [6.07, 6.45) is 21.1. The number of aromatic nitrogens is 6. The van der Waals surface area contributed by atoms with E-state index in [0.29, 0.717) is 48.2 Å². The van der Waals surface area contributed by atoms with E-state index in [1.807, 2.05) is 12.2 Å². The van der Waals surface area contributed by atoms with Gasteiger partial charge in [0, 0.05) is 17.3 Å². The summed E-state index contributed by atoms with van der Waals surface area (Å²) in [4.78, 5) is 25.9. The van der Waals surface area contributed by atoms with E-state index in [0.717, 1.165) is 17.3 Å². The van der Waals surface area contributed by atoms with E-state index in [4.69, 9.17) is 19.3 Å². The first-order valence-electron chi connectivity index (χ1n) is 10.0. The lowest BCUT2D eigenvalue weighted by molar-refractivity contribution is 0.719. The molecule has 0 aliphatic carbocycles. The lowest BCUT2D eigenvalue weighted by Crippen LogP contribution is -1.98. The Hall–Kier alpha value is -1.98. The third kappa shape index (κ3) is 14.5. The molecule has 0 spiro atoms. The van der Waals surface area contributed by atoms with Gasteiger partial charge in [0.25, 0.3) is 0 Å². The van der Waals surface area contributed by atoms with Gasteiger partial charge in [-0.1, -0.05) is 107 Å². The zero-order valence-corrected chi connectivity index (χ0v) is 24.4. The van der Waals surface area contributed by atoms with Crippen molar-refractivity contribution < 1.29 is 0 Å². The molecule has 2 heterocycles. The standard InChI is InChI=1S/C12H13N3S3.C12H11N3S3/c2*1-4-7-16-10-13-11(17-8-5-2)15-12(14-10)18-9-6-3/h1,5-6H,2-3,7-9H2;1-2,6H,3,7-9H2. The number of rotatable bonds is 15. The quantitative estimate of drug-likeness (QED) is 0.144. The number of terminal acetylenes is 3. The van der Waals surface area contributed by atoms with Gasteiger partial charge in [-0.3, -0.25) is 0 Å². The molecule has 2 rings (SSSR count). The minimum atomic E-state index is 0.537. The first-order valence-corrected chi connectivity index (χ1v) is 15.9. The summed E-state index contributed by atoms with van der Waals surface area (Å²) in [5.41, 5.74) is 0. The van der Waals surface area contributed by atoms with Crippen molar-refractivity contribution in [2.24, 2.45) is 0 Å². The molecule has 0 aliphatic heterocycles. The summed E-state index contributed by atoms with van der Waals surface area (Å²) in [7, 11) is 0. The van der Waals surface area contributed by atoms with Crippen LogP contribution < -0.4 is 0 Å². The van der Waals surface area contributed by atoms with Gasteiger partial charge >= 0.3 is 0 Å². The normalized spacial score (nSPS) is 9.58. The van der Waals surface area contributed by atoms with E-state index >= 15 is 0 Å². The van der Waals surface area contributed by atoms with Crippen molar-refractivity contribution in [3.63, 3.8) is 0 Å². The largest absolute Gasteiger partial charge is 0.196 e. The van der Waals surface area contributed by atoms with E-state index in [2.05, 4.69) is 67.4 Å². The summed E-state index contributed by atoms with van der Waals surface area (Å²) < 4.78 is 0. The summed E-state index contributed by atoms with van der Waals surface area (Å²) in [5, 5.41) is 4.01. The fraction of sp³-hybridized carbons (Fsp3) is 0.250. The molecule has 0 amide bonds. The van der Waals surface area contributed by atoms with Crippen molar-refractivity contribution >= 4 is 70.6 Å². The summed E-state index contributed by atoms with van der Waals surface area (Å²) in [5.74, 6) is 11.6. The van der Waals surface area contributed by atoms with Crippen LogP contribution in [0.25, 0.3) is 0 Å². The van der Waals surface area contributed by atoms with Gasteiger partial charge in [0.05, 0.1) is 17.3 Å². The molecular weight excluding hydrogens is 565 g/mol. The number of thioether (sulfide) groups is 6. The summed E-state index contributed by atoms with van der Waals surface area (Å²) in [6, 6.07) is 0. The molecule has 186 valence electrons. The van der Waals surface area contributed by atoms with Crippen LogP contribution in [0, 0.1) is 37.0 Å². The molecule has 0 saturated carbocycles. The average Bonchev–Trinajstić information content (AvgIpc) is 2.90. The van der Waals surface area contributed by atoms with Gasteiger partial charge < -0.3 is 0 Å². The van der Waals surface area contributed by atoms with Crippen LogP contribution in [-0.4, -0.2) is 64.4 Å². The maximum absolute atomic E-state index is 5.23. The third-order valence-corrected chi connectivity index (χ3v) is 7.78. The molecule has 0 radical (unpaired) electrons. The number of nitrogens with zero attached hydrogens (tertiary/aromatic N) is 6. The van der Waals surface area contributed by atoms with Gasteiger partial charge in [0.2, 0.25) is 0 Å². The maximum atomic E-state index is 5.23. The fourth-order valence-corrected chi connectivity index (χ4v) is 5.34. The minimum absolute atomic E-state index is 0.537. The van der Waals surface area contributed by atoms with Crippen molar-refractivity contribution in [3.05, 3.63) is 38.0 Å². The highest BCUT2D eigenvalue weighted by atomic mass is 32.2. The molecule has 6 nitrogen and oxygen atoms in total. The van der Waals surface area contributed by atoms with Crippen LogP contribution in [0.3, 0.4) is 0 Å². The molecule has 0 unspecified atom stereocenters. The Labute approximate surface area is 239 Å². The molecule has 0 N–H and O–H groups in total. The molecule has 0 fully saturated rings. The topological polar surface area (TPSA) is 77.3 Å². The van der Waals surface area contributed by atoms with Crippen molar-refractivity contribution in [3.8, 4) is 37.0 Å². The molecule has 0 bridgehead atoms. The molecule has 12 heteroatoms. The summed E-state index contributed by atoms with van der Waals surface area (Å²) in [6.45, 7) is 11.0. The number of hydrogen-bond acceptors (Lipinski definition) is 12. The monoisotopic (exact) mass is 588 g/mol. The van der Waals surface area contributed by atoms with Gasteiger partial charge in [-0.25, -0.2) is 0 Å². The van der Waals surface area contributed by atoms with Crippen LogP contribution in [0.15, 0.2) is 68.9 Å². The molecule has 36 heavy (non-hydrogen) atoms. The molecule has 0 saturated heterocycles. The molecule has 2 aromatic rings. The third-order valence-electron chi connectivity index (χ3n) is 2.99. The Bertz CT molecular complexity index is 1050. The van der Waals surface area contributed by atoms with Crippen molar-refractivity contribution in [2.75, 3.05) is 34.5 Å². The maximum Gasteiger partial charge on any atom is 0.193 e. The Balaban J connectivity index is 0.000000360. The fourth-order valence-electron chi connectivity index (χ4n) is 1.75. The molecule has 2 aromatic heterocycles. The van der Waals surface area contributed by atoms with E-state index in [-0.39, 0.29) is 0 Å². The van der Waals surface area contributed by atoms with E-state index in [1.54, 1.807) is 6.08 Å². The van der Waals surface area contributed by atoms with Crippen molar-refractivity contribution in [1.29, 1.82) is 0 Å². The smallest absolute Gasteiger partial charge is 0.193 e. The van der Waals surface area contributed by atoms with Crippen LogP contribution in [0.4, 0.5) is 0 Å². The molecule has 0 aliphatic rings. The number of hydrogen-bond donors (Lipinski definition) is 0. The van der Waals surface area contributed by atoms with E-state index in [1.165, 1.54) is 70.6 Å². The van der Waals surface area contributed by atoms with Crippen LogP contribution in [0.2, 0.25) is 0 Å².